The maximum atomic E-state index is 3.46. The number of aromatic amines is 1. The molecule has 0 saturated heterocycles. The third kappa shape index (κ3) is 2.12. The molecule has 2 N–H and O–H groups in total. The second-order valence-corrected chi connectivity index (χ2v) is 4.48. The second-order valence-electron chi connectivity index (χ2n) is 4.48. The Hall–Kier alpha value is -1.28. The molecule has 1 heterocycles. The van der Waals surface area contributed by atoms with Gasteiger partial charge >= 0.3 is 0 Å². The molecule has 86 valence electrons. The molecule has 0 aliphatic rings. The van der Waals surface area contributed by atoms with Gasteiger partial charge in [-0.1, -0.05) is 11.6 Å². The van der Waals surface area contributed by atoms with Crippen LogP contribution in [-0.2, 0) is 6.42 Å². The summed E-state index contributed by atoms with van der Waals surface area (Å²) in [4.78, 5) is 3.46. The average molecular weight is 216 g/mol. The van der Waals surface area contributed by atoms with Crippen LogP contribution < -0.4 is 5.32 Å². The number of aryl methyl sites for hydroxylation is 3. The highest BCUT2D eigenvalue weighted by atomic mass is 14.8. The average Bonchev–Trinajstić information content (AvgIpc) is 2.56. The van der Waals surface area contributed by atoms with Gasteiger partial charge in [0.1, 0.15) is 0 Å². The molecular formula is C14H20N2. The highest BCUT2D eigenvalue weighted by Gasteiger charge is 2.07. The first kappa shape index (κ1) is 11.2. The van der Waals surface area contributed by atoms with Crippen molar-refractivity contribution in [3.63, 3.8) is 0 Å². The Labute approximate surface area is 97.1 Å². The SMILES string of the molecule is CNCCCc1c(C)[nH]c2ccc(C)cc12. The van der Waals surface area contributed by atoms with Gasteiger partial charge in [0.05, 0.1) is 0 Å². The van der Waals surface area contributed by atoms with E-state index in [9.17, 15) is 0 Å². The molecule has 0 fully saturated rings. The zero-order valence-electron chi connectivity index (χ0n) is 10.4. The third-order valence-corrected chi connectivity index (χ3v) is 3.13. The van der Waals surface area contributed by atoms with Crippen LogP contribution in [0.25, 0.3) is 10.9 Å². The molecule has 0 aliphatic heterocycles. The lowest BCUT2D eigenvalue weighted by Crippen LogP contribution is -2.08. The van der Waals surface area contributed by atoms with E-state index in [0.29, 0.717) is 0 Å². The lowest BCUT2D eigenvalue weighted by molar-refractivity contribution is 0.725. The lowest BCUT2D eigenvalue weighted by atomic mass is 10.0. The van der Waals surface area contributed by atoms with E-state index in [1.807, 2.05) is 7.05 Å². The second kappa shape index (κ2) is 4.71. The van der Waals surface area contributed by atoms with Gasteiger partial charge in [0.15, 0.2) is 0 Å². The van der Waals surface area contributed by atoms with Gasteiger partial charge in [0.2, 0.25) is 0 Å². The van der Waals surface area contributed by atoms with Crippen molar-refractivity contribution in [2.45, 2.75) is 26.7 Å². The normalized spacial score (nSPS) is 11.2. The highest BCUT2D eigenvalue weighted by Crippen LogP contribution is 2.24. The van der Waals surface area contributed by atoms with Gasteiger partial charge in [0, 0.05) is 16.6 Å². The van der Waals surface area contributed by atoms with Crippen molar-refractivity contribution in [1.82, 2.24) is 10.3 Å². The Morgan fingerprint density at radius 1 is 1.25 bits per heavy atom. The Balaban J connectivity index is 2.34. The molecule has 0 radical (unpaired) electrons. The molecule has 2 aromatic rings. The van der Waals surface area contributed by atoms with E-state index in [1.165, 1.54) is 34.1 Å². The minimum atomic E-state index is 1.08. The number of hydrogen-bond donors (Lipinski definition) is 2. The summed E-state index contributed by atoms with van der Waals surface area (Å²) in [5, 5.41) is 4.60. The van der Waals surface area contributed by atoms with Crippen LogP contribution in [0, 0.1) is 13.8 Å². The monoisotopic (exact) mass is 216 g/mol. The van der Waals surface area contributed by atoms with Crippen LogP contribution in [-0.4, -0.2) is 18.6 Å². The number of rotatable bonds is 4. The summed E-state index contributed by atoms with van der Waals surface area (Å²) in [7, 11) is 2.01. The number of benzene rings is 1. The number of aromatic nitrogens is 1. The maximum absolute atomic E-state index is 3.46. The summed E-state index contributed by atoms with van der Waals surface area (Å²) < 4.78 is 0. The number of hydrogen-bond acceptors (Lipinski definition) is 1. The van der Waals surface area contributed by atoms with E-state index < -0.39 is 0 Å². The topological polar surface area (TPSA) is 27.8 Å². The Bertz CT molecular complexity index is 483. The van der Waals surface area contributed by atoms with Gasteiger partial charge in [-0.3, -0.25) is 0 Å². The molecule has 1 aromatic carbocycles. The van der Waals surface area contributed by atoms with E-state index in [2.05, 4.69) is 42.3 Å². The third-order valence-electron chi connectivity index (χ3n) is 3.13. The molecular weight excluding hydrogens is 196 g/mol. The van der Waals surface area contributed by atoms with Gasteiger partial charge in [-0.15, -0.1) is 0 Å². The zero-order chi connectivity index (χ0) is 11.5. The quantitative estimate of drug-likeness (QED) is 0.756. The van der Waals surface area contributed by atoms with Crippen molar-refractivity contribution >= 4 is 10.9 Å². The Kier molecular flexibility index (Phi) is 3.30. The highest BCUT2D eigenvalue weighted by molar-refractivity contribution is 5.85. The minimum absolute atomic E-state index is 1.08. The van der Waals surface area contributed by atoms with Gasteiger partial charge in [0.25, 0.3) is 0 Å². The summed E-state index contributed by atoms with van der Waals surface area (Å²) >= 11 is 0. The van der Waals surface area contributed by atoms with Crippen molar-refractivity contribution in [3.8, 4) is 0 Å². The van der Waals surface area contributed by atoms with Crippen LogP contribution in [0.4, 0.5) is 0 Å². The maximum Gasteiger partial charge on any atom is 0.0459 e. The zero-order valence-corrected chi connectivity index (χ0v) is 10.4. The van der Waals surface area contributed by atoms with Crippen LogP contribution in [0.3, 0.4) is 0 Å². The summed E-state index contributed by atoms with van der Waals surface area (Å²) in [5.74, 6) is 0. The van der Waals surface area contributed by atoms with Crippen molar-refractivity contribution in [2.75, 3.05) is 13.6 Å². The van der Waals surface area contributed by atoms with Gasteiger partial charge in [-0.05, 0) is 58.0 Å². The largest absolute Gasteiger partial charge is 0.358 e. The van der Waals surface area contributed by atoms with Gasteiger partial charge < -0.3 is 10.3 Å². The predicted molar refractivity (Wildman–Crippen MR) is 70.0 cm³/mol. The van der Waals surface area contributed by atoms with Crippen LogP contribution in [0.15, 0.2) is 18.2 Å². The number of nitrogens with one attached hydrogen (secondary N) is 2. The van der Waals surface area contributed by atoms with Crippen LogP contribution in [0.1, 0.15) is 23.2 Å². The summed E-state index contributed by atoms with van der Waals surface area (Å²) in [6, 6.07) is 6.63. The molecule has 2 nitrogen and oxygen atoms in total. The van der Waals surface area contributed by atoms with E-state index in [0.717, 1.165) is 13.0 Å². The van der Waals surface area contributed by atoms with Crippen LogP contribution in [0.5, 0.6) is 0 Å². The molecule has 16 heavy (non-hydrogen) atoms. The standard InChI is InChI=1S/C14H20N2/c1-10-6-7-14-13(9-10)12(11(2)16-14)5-4-8-15-3/h6-7,9,15-16H,4-5,8H2,1-3H3. The molecule has 2 rings (SSSR count). The Morgan fingerprint density at radius 3 is 2.81 bits per heavy atom. The molecule has 0 aliphatic carbocycles. The molecule has 0 amide bonds. The fraction of sp³-hybridized carbons (Fsp3) is 0.429. The number of H-pyrrole nitrogens is 1. The molecule has 2 heteroatoms. The molecule has 0 saturated carbocycles. The smallest absolute Gasteiger partial charge is 0.0459 e. The van der Waals surface area contributed by atoms with Crippen LogP contribution in [0.2, 0.25) is 0 Å². The lowest BCUT2D eigenvalue weighted by Gasteiger charge is -2.02. The van der Waals surface area contributed by atoms with Gasteiger partial charge in [-0.25, -0.2) is 0 Å². The fourth-order valence-corrected chi connectivity index (χ4v) is 2.26. The minimum Gasteiger partial charge on any atom is -0.358 e. The van der Waals surface area contributed by atoms with E-state index in [1.54, 1.807) is 0 Å². The first-order valence-corrected chi connectivity index (χ1v) is 5.95. The van der Waals surface area contributed by atoms with Crippen molar-refractivity contribution in [3.05, 3.63) is 35.0 Å². The van der Waals surface area contributed by atoms with E-state index in [4.69, 9.17) is 0 Å². The molecule has 0 unspecified atom stereocenters. The molecule has 1 aromatic heterocycles. The first-order valence-electron chi connectivity index (χ1n) is 5.95. The van der Waals surface area contributed by atoms with E-state index >= 15 is 0 Å². The first-order chi connectivity index (χ1) is 7.72. The Morgan fingerprint density at radius 2 is 2.06 bits per heavy atom. The molecule has 0 bridgehead atoms. The summed E-state index contributed by atoms with van der Waals surface area (Å²) in [6.45, 7) is 5.40. The molecule has 0 spiro atoms. The van der Waals surface area contributed by atoms with Crippen molar-refractivity contribution < 1.29 is 0 Å². The van der Waals surface area contributed by atoms with Gasteiger partial charge in [-0.2, -0.15) is 0 Å². The summed E-state index contributed by atoms with van der Waals surface area (Å²) in [5.41, 5.74) is 5.40. The van der Waals surface area contributed by atoms with Crippen molar-refractivity contribution in [1.29, 1.82) is 0 Å². The molecule has 0 atom stereocenters. The summed E-state index contributed by atoms with van der Waals surface area (Å²) in [6.07, 6.45) is 2.34. The van der Waals surface area contributed by atoms with Crippen LogP contribution >= 0.6 is 0 Å². The number of fused-ring (bicyclic) bond motifs is 1. The van der Waals surface area contributed by atoms with Crippen molar-refractivity contribution in [2.24, 2.45) is 0 Å². The van der Waals surface area contributed by atoms with E-state index in [-0.39, 0.29) is 0 Å². The predicted octanol–water partition coefficient (Wildman–Crippen LogP) is 2.94. The fourth-order valence-electron chi connectivity index (χ4n) is 2.26.